The van der Waals surface area contributed by atoms with Crippen LogP contribution in [0.5, 0.6) is 0 Å². The molecule has 9 heteroatoms. The Morgan fingerprint density at radius 3 is 2.58 bits per heavy atom. The number of carbonyl (C=O) groups is 1. The van der Waals surface area contributed by atoms with Crippen LogP contribution in [0.3, 0.4) is 0 Å². The molecule has 4 heterocycles. The Morgan fingerprint density at radius 1 is 1.07 bits per heavy atom. The van der Waals surface area contributed by atoms with E-state index in [1.807, 2.05) is 64.9 Å². The first-order valence-electron chi connectivity index (χ1n) is 15.8. The monoisotopic (exact) mass is 604 g/mol. The van der Waals surface area contributed by atoms with Crippen LogP contribution in [-0.2, 0) is 16.1 Å². The van der Waals surface area contributed by atoms with Crippen LogP contribution in [0.2, 0.25) is 0 Å². The van der Waals surface area contributed by atoms with Crippen molar-refractivity contribution in [1.29, 1.82) is 0 Å². The molecule has 0 radical (unpaired) electrons. The van der Waals surface area contributed by atoms with Crippen molar-refractivity contribution in [1.82, 2.24) is 24.5 Å². The van der Waals surface area contributed by atoms with E-state index in [0.717, 1.165) is 76.5 Å². The molecule has 3 atom stereocenters. The van der Waals surface area contributed by atoms with Gasteiger partial charge in [0, 0.05) is 41.5 Å². The van der Waals surface area contributed by atoms with Crippen LogP contribution >= 0.6 is 0 Å². The summed E-state index contributed by atoms with van der Waals surface area (Å²) < 4.78 is 8.94. The third kappa shape index (κ3) is 4.99. The number of pyridine rings is 1. The number of aliphatic hydroxyl groups is 1. The van der Waals surface area contributed by atoms with Crippen LogP contribution < -0.4 is 4.90 Å². The number of carbonyl (C=O) groups excluding carboxylic acids is 1. The number of rotatable bonds is 8. The fraction of sp³-hybridized carbons (Fsp3) is 0.389. The molecule has 3 aromatic heterocycles. The van der Waals surface area contributed by atoms with Gasteiger partial charge in [0.1, 0.15) is 5.82 Å². The fourth-order valence-corrected chi connectivity index (χ4v) is 7.31. The molecule has 0 amide bonds. The lowest BCUT2D eigenvalue weighted by molar-refractivity contribution is -0.148. The number of aryl methyl sites for hydroxylation is 1. The summed E-state index contributed by atoms with van der Waals surface area (Å²) in [7, 11) is 1.49. The number of esters is 1. The zero-order valence-electron chi connectivity index (χ0n) is 26.6. The number of aliphatic hydroxyl groups excluding tert-OH is 1. The largest absolute Gasteiger partial charge is 0.469 e. The maximum atomic E-state index is 12.3. The lowest BCUT2D eigenvalue weighted by atomic mass is 9.95. The summed E-state index contributed by atoms with van der Waals surface area (Å²) in [6.07, 6.45) is 3.07. The molecule has 1 saturated heterocycles. The minimum absolute atomic E-state index is 0.0645. The third-order valence-electron chi connectivity index (χ3n) is 9.82. The van der Waals surface area contributed by atoms with E-state index in [2.05, 4.69) is 43.9 Å². The molecule has 0 bridgehead atoms. The van der Waals surface area contributed by atoms with Gasteiger partial charge < -0.3 is 14.7 Å². The van der Waals surface area contributed by atoms with Gasteiger partial charge in [0.25, 0.3) is 0 Å². The van der Waals surface area contributed by atoms with Gasteiger partial charge in [-0.3, -0.25) is 9.48 Å². The molecule has 0 unspecified atom stereocenters. The summed E-state index contributed by atoms with van der Waals surface area (Å²) in [6.45, 7) is 10.5. The van der Waals surface area contributed by atoms with E-state index in [1.165, 1.54) is 12.7 Å². The number of hydrogen-bond acceptors (Lipinski definition) is 7. The SMILES string of the molecule is COC(=O)[C@]12CCN(c3ccc(-n4nc(-c5cccc6nn(C[C@H](O)c7ccccc7)cc56)c(C(C)C)c4C)c(C)n3)C[C@H]1C2. The van der Waals surface area contributed by atoms with Crippen LogP contribution in [0.15, 0.2) is 66.9 Å². The number of nitrogens with zero attached hydrogens (tertiary/aromatic N) is 6. The summed E-state index contributed by atoms with van der Waals surface area (Å²) in [5.41, 5.74) is 7.53. The third-order valence-corrected chi connectivity index (χ3v) is 9.82. The second-order valence-corrected chi connectivity index (χ2v) is 12.9. The van der Waals surface area contributed by atoms with Gasteiger partial charge in [0.15, 0.2) is 0 Å². The predicted molar refractivity (Wildman–Crippen MR) is 174 cm³/mol. The van der Waals surface area contributed by atoms with Crippen LogP contribution in [0, 0.1) is 25.2 Å². The lowest BCUT2D eigenvalue weighted by Crippen LogP contribution is -2.38. The minimum Gasteiger partial charge on any atom is -0.469 e. The quantitative estimate of drug-likeness (QED) is 0.212. The van der Waals surface area contributed by atoms with Crippen LogP contribution in [0.25, 0.3) is 27.8 Å². The number of anilines is 1. The first-order chi connectivity index (χ1) is 21.7. The highest BCUT2D eigenvalue weighted by atomic mass is 16.5. The molecular formula is C36H40N6O3. The number of methoxy groups -OCH3 is 1. The molecule has 9 nitrogen and oxygen atoms in total. The Hall–Kier alpha value is -4.50. The van der Waals surface area contributed by atoms with E-state index in [9.17, 15) is 9.90 Å². The van der Waals surface area contributed by atoms with E-state index in [0.29, 0.717) is 12.5 Å². The summed E-state index contributed by atoms with van der Waals surface area (Å²) in [6, 6.07) is 20.0. The van der Waals surface area contributed by atoms with Crippen LogP contribution in [-0.4, -0.2) is 55.8 Å². The Morgan fingerprint density at radius 2 is 1.87 bits per heavy atom. The number of aromatic nitrogens is 5. The normalized spacial score (nSPS) is 20.0. The highest BCUT2D eigenvalue weighted by Gasteiger charge is 2.62. The van der Waals surface area contributed by atoms with E-state index in [1.54, 1.807) is 0 Å². The molecule has 1 N–H and O–H groups in total. The van der Waals surface area contributed by atoms with Crippen molar-refractivity contribution in [3.8, 4) is 16.9 Å². The van der Waals surface area contributed by atoms with Crippen molar-refractivity contribution in [2.45, 2.75) is 59.1 Å². The molecule has 2 aliphatic rings. The van der Waals surface area contributed by atoms with Crippen molar-refractivity contribution < 1.29 is 14.6 Å². The van der Waals surface area contributed by atoms with Crippen molar-refractivity contribution in [2.24, 2.45) is 11.3 Å². The second-order valence-electron chi connectivity index (χ2n) is 12.9. The number of ether oxygens (including phenoxy) is 1. The highest BCUT2D eigenvalue weighted by Crippen LogP contribution is 2.58. The van der Waals surface area contributed by atoms with Crippen molar-refractivity contribution in [3.05, 3.63) is 89.4 Å². The first kappa shape index (κ1) is 29.2. The molecule has 1 aliphatic heterocycles. The Bertz CT molecular complexity index is 1890. The van der Waals surface area contributed by atoms with Crippen LogP contribution in [0.4, 0.5) is 5.82 Å². The number of piperidine rings is 1. The second kappa shape index (κ2) is 11.1. The summed E-state index contributed by atoms with van der Waals surface area (Å²) in [5.74, 6) is 1.45. The van der Waals surface area contributed by atoms with E-state index >= 15 is 0 Å². The number of hydrogen-bond donors (Lipinski definition) is 1. The lowest BCUT2D eigenvalue weighted by Gasteiger charge is -2.31. The minimum atomic E-state index is -0.653. The highest BCUT2D eigenvalue weighted by molar-refractivity contribution is 5.94. The molecule has 1 saturated carbocycles. The van der Waals surface area contributed by atoms with Gasteiger partial charge in [-0.2, -0.15) is 10.2 Å². The number of fused-ring (bicyclic) bond motifs is 2. The topological polar surface area (TPSA) is 98.3 Å². The zero-order valence-corrected chi connectivity index (χ0v) is 26.6. The van der Waals surface area contributed by atoms with Gasteiger partial charge in [-0.1, -0.05) is 56.3 Å². The van der Waals surface area contributed by atoms with Gasteiger partial charge in [-0.05, 0) is 62.3 Å². The summed E-state index contributed by atoms with van der Waals surface area (Å²) in [4.78, 5) is 19.7. The van der Waals surface area contributed by atoms with E-state index < -0.39 is 6.10 Å². The molecule has 2 aromatic carbocycles. The van der Waals surface area contributed by atoms with Gasteiger partial charge in [-0.25, -0.2) is 9.67 Å². The Labute approximate surface area is 263 Å². The van der Waals surface area contributed by atoms with Crippen molar-refractivity contribution >= 4 is 22.7 Å². The standard InChI is InChI=1S/C36H40N6O3/c1-22(2)33-24(4)42(30-14-15-32(37-23(30)3)40-17-16-36(35(44)45-5)18-26(36)19-40)39-34(33)27-12-9-13-29-28(27)20-41(38-29)21-31(43)25-10-7-6-8-11-25/h6-15,20,22,26,31,43H,16-19,21H2,1-5H3/t26-,31+,36+/m1/s1. The van der Waals surface area contributed by atoms with E-state index in [-0.39, 0.29) is 17.3 Å². The molecule has 5 aromatic rings. The first-order valence-corrected chi connectivity index (χ1v) is 15.8. The Balaban J connectivity index is 1.20. The van der Waals surface area contributed by atoms with Gasteiger partial charge >= 0.3 is 5.97 Å². The fourth-order valence-electron chi connectivity index (χ4n) is 7.31. The maximum Gasteiger partial charge on any atom is 0.312 e. The maximum absolute atomic E-state index is 12.3. The van der Waals surface area contributed by atoms with Crippen LogP contribution in [0.1, 0.15) is 61.2 Å². The molecule has 2 fully saturated rings. The zero-order chi connectivity index (χ0) is 31.5. The Kier molecular flexibility index (Phi) is 7.23. The van der Waals surface area contributed by atoms with Crippen molar-refractivity contribution in [3.63, 3.8) is 0 Å². The van der Waals surface area contributed by atoms with Gasteiger partial charge in [-0.15, -0.1) is 0 Å². The molecular weight excluding hydrogens is 564 g/mol. The van der Waals surface area contributed by atoms with E-state index in [4.69, 9.17) is 19.9 Å². The predicted octanol–water partition coefficient (Wildman–Crippen LogP) is 6.15. The molecule has 232 valence electrons. The summed E-state index contributed by atoms with van der Waals surface area (Å²) in [5, 5.41) is 21.9. The van der Waals surface area contributed by atoms with Gasteiger partial charge in [0.2, 0.25) is 0 Å². The van der Waals surface area contributed by atoms with Gasteiger partial charge in [0.05, 0.1) is 47.8 Å². The number of benzene rings is 2. The molecule has 1 aliphatic carbocycles. The molecule has 45 heavy (non-hydrogen) atoms. The average molecular weight is 605 g/mol. The molecule has 0 spiro atoms. The average Bonchev–Trinajstić information content (AvgIpc) is 3.49. The summed E-state index contributed by atoms with van der Waals surface area (Å²) >= 11 is 0. The smallest absolute Gasteiger partial charge is 0.312 e. The van der Waals surface area contributed by atoms with Crippen molar-refractivity contribution in [2.75, 3.05) is 25.1 Å². The molecule has 7 rings (SSSR count).